The van der Waals surface area contributed by atoms with Crippen LogP contribution in [0.1, 0.15) is 87.6 Å². The Bertz CT molecular complexity index is 1200. The fourth-order valence-corrected chi connectivity index (χ4v) is 5.23. The monoisotopic (exact) mass is 505 g/mol. The van der Waals surface area contributed by atoms with Crippen molar-refractivity contribution in [2.24, 2.45) is 0 Å². The van der Waals surface area contributed by atoms with Gasteiger partial charge in [-0.2, -0.15) is 0 Å². The summed E-state index contributed by atoms with van der Waals surface area (Å²) in [6.07, 6.45) is 6.56. The lowest BCUT2D eigenvalue weighted by Crippen LogP contribution is -2.47. The Labute approximate surface area is 220 Å². The summed E-state index contributed by atoms with van der Waals surface area (Å²) in [7, 11) is 0. The first kappa shape index (κ1) is 27.1. The first-order chi connectivity index (χ1) is 17.6. The zero-order chi connectivity index (χ0) is 26.6. The Morgan fingerprint density at radius 1 is 1.16 bits per heavy atom. The summed E-state index contributed by atoms with van der Waals surface area (Å²) in [6, 6.07) is 13.6. The molecule has 2 N–H and O–H groups in total. The van der Waals surface area contributed by atoms with Crippen molar-refractivity contribution in [3.05, 3.63) is 82.4 Å². The van der Waals surface area contributed by atoms with E-state index in [4.69, 9.17) is 4.52 Å². The molecule has 1 aromatic heterocycles. The second-order valence-corrected chi connectivity index (χ2v) is 11.5. The number of halogens is 1. The first-order valence-electron chi connectivity index (χ1n) is 13.5. The summed E-state index contributed by atoms with van der Waals surface area (Å²) in [5, 5.41) is 10.7. The fourth-order valence-electron chi connectivity index (χ4n) is 5.23. The number of hydrogen-bond donors (Lipinski definition) is 2. The molecule has 2 aromatic carbocycles. The third kappa shape index (κ3) is 6.86. The van der Waals surface area contributed by atoms with Crippen LogP contribution < -0.4 is 10.6 Å². The number of carbonyl (C=O) groups is 1. The number of rotatable bonds is 9. The molecule has 3 aromatic rings. The molecule has 0 aliphatic heterocycles. The van der Waals surface area contributed by atoms with Gasteiger partial charge in [0.15, 0.2) is 5.82 Å². The molecule has 0 saturated heterocycles. The number of anilines is 1. The molecule has 0 spiro atoms. The van der Waals surface area contributed by atoms with Crippen LogP contribution in [0.25, 0.3) is 0 Å². The first-order valence-corrected chi connectivity index (χ1v) is 13.5. The second kappa shape index (κ2) is 11.6. The number of aryl methyl sites for hydroxylation is 1. The maximum Gasteiger partial charge on any atom is 0.242 e. The fraction of sp³-hybridized carbons (Fsp3) is 0.484. The lowest BCUT2D eigenvalue weighted by Gasteiger charge is -2.29. The Morgan fingerprint density at radius 3 is 2.62 bits per heavy atom. The average molecular weight is 506 g/mol. The summed E-state index contributed by atoms with van der Waals surface area (Å²) in [5.74, 6) is 0.350. The highest BCUT2D eigenvalue weighted by atomic mass is 19.1. The number of hydrogen-bond acceptors (Lipinski definition) is 4. The van der Waals surface area contributed by atoms with Gasteiger partial charge in [0.05, 0.1) is 6.04 Å². The minimum absolute atomic E-state index is 0.0939. The van der Waals surface area contributed by atoms with Gasteiger partial charge in [-0.05, 0) is 77.8 Å². The molecular weight excluding hydrogens is 465 g/mol. The molecule has 5 nitrogen and oxygen atoms in total. The Kier molecular flexibility index (Phi) is 8.48. The standard InChI is InChI=1S/C31H40FN3O2/c1-6-7-28(33-26-15-11-22-17-25(32)14-10-23(22)18-26)30(36)34-29-27(19-37-35-29)20(2)16-21-8-12-24(13-9-21)31(3,4)5/h8-10,12-14,17,19-20,26,28,33H,6-7,11,15-16,18H2,1-5H3,(H,34,35,36)/t20?,26?,28-/m0/s1. The van der Waals surface area contributed by atoms with Crippen LogP contribution in [0.3, 0.4) is 0 Å². The van der Waals surface area contributed by atoms with E-state index < -0.39 is 0 Å². The third-order valence-corrected chi connectivity index (χ3v) is 7.46. The van der Waals surface area contributed by atoms with Crippen LogP contribution in [0, 0.1) is 5.82 Å². The predicted molar refractivity (Wildman–Crippen MR) is 146 cm³/mol. The van der Waals surface area contributed by atoms with E-state index in [1.54, 1.807) is 12.3 Å². The highest BCUT2D eigenvalue weighted by Crippen LogP contribution is 2.29. The lowest BCUT2D eigenvalue weighted by molar-refractivity contribution is -0.118. The molecule has 4 rings (SSSR count). The van der Waals surface area contributed by atoms with Gasteiger partial charge in [0, 0.05) is 11.6 Å². The van der Waals surface area contributed by atoms with E-state index in [0.717, 1.165) is 55.2 Å². The lowest BCUT2D eigenvalue weighted by atomic mass is 9.86. The quantitative estimate of drug-likeness (QED) is 0.339. The molecule has 2 unspecified atom stereocenters. The number of benzene rings is 2. The van der Waals surface area contributed by atoms with E-state index in [-0.39, 0.29) is 35.1 Å². The highest BCUT2D eigenvalue weighted by Gasteiger charge is 2.27. The molecule has 198 valence electrons. The molecule has 3 atom stereocenters. The number of fused-ring (bicyclic) bond motifs is 1. The van der Waals surface area contributed by atoms with Crippen LogP contribution in [0.5, 0.6) is 0 Å². The van der Waals surface area contributed by atoms with E-state index in [2.05, 4.69) is 74.7 Å². The second-order valence-electron chi connectivity index (χ2n) is 11.5. The largest absolute Gasteiger partial charge is 0.362 e. The normalized spacial score (nSPS) is 17.2. The van der Waals surface area contributed by atoms with Crippen LogP contribution >= 0.6 is 0 Å². The minimum atomic E-state index is -0.332. The van der Waals surface area contributed by atoms with Gasteiger partial charge in [-0.3, -0.25) is 4.79 Å². The van der Waals surface area contributed by atoms with E-state index in [9.17, 15) is 9.18 Å². The summed E-state index contributed by atoms with van der Waals surface area (Å²) in [6.45, 7) is 10.8. The molecule has 0 fully saturated rings. The van der Waals surface area contributed by atoms with E-state index in [1.807, 2.05) is 6.07 Å². The van der Waals surface area contributed by atoms with Gasteiger partial charge in [-0.25, -0.2) is 4.39 Å². The zero-order valence-corrected chi connectivity index (χ0v) is 22.7. The average Bonchev–Trinajstić information content (AvgIpc) is 3.32. The number of amides is 1. The van der Waals surface area contributed by atoms with Crippen LogP contribution in [0.2, 0.25) is 0 Å². The van der Waals surface area contributed by atoms with Gasteiger partial charge in [-0.1, -0.05) is 76.5 Å². The number of aromatic nitrogens is 1. The van der Waals surface area contributed by atoms with Crippen LogP contribution in [0.4, 0.5) is 10.2 Å². The maximum absolute atomic E-state index is 13.6. The zero-order valence-electron chi connectivity index (χ0n) is 22.7. The maximum atomic E-state index is 13.6. The van der Waals surface area contributed by atoms with E-state index in [0.29, 0.717) is 5.82 Å². The van der Waals surface area contributed by atoms with Gasteiger partial charge in [0.2, 0.25) is 5.91 Å². The van der Waals surface area contributed by atoms with Crippen LogP contribution in [-0.2, 0) is 29.5 Å². The molecule has 1 amide bonds. The molecule has 6 heteroatoms. The van der Waals surface area contributed by atoms with E-state index >= 15 is 0 Å². The molecule has 0 saturated carbocycles. The smallest absolute Gasteiger partial charge is 0.242 e. The van der Waals surface area contributed by atoms with E-state index in [1.165, 1.54) is 17.2 Å². The van der Waals surface area contributed by atoms with Gasteiger partial charge < -0.3 is 15.2 Å². The van der Waals surface area contributed by atoms with Gasteiger partial charge in [0.1, 0.15) is 12.1 Å². The van der Waals surface area contributed by atoms with Crippen molar-refractivity contribution in [1.82, 2.24) is 10.5 Å². The SMILES string of the molecule is CCC[C@H](NC1CCc2cc(F)ccc2C1)C(=O)Nc1nocc1C(C)Cc1ccc(C(C)(C)C)cc1. The Hall–Kier alpha value is -2.99. The number of carbonyl (C=O) groups excluding carboxylic acids is 1. The third-order valence-electron chi connectivity index (χ3n) is 7.46. The highest BCUT2D eigenvalue weighted by molar-refractivity contribution is 5.94. The minimum Gasteiger partial charge on any atom is -0.362 e. The molecule has 0 bridgehead atoms. The molecular formula is C31H40FN3O2. The van der Waals surface area contributed by atoms with Crippen molar-refractivity contribution in [2.45, 2.75) is 96.6 Å². The Balaban J connectivity index is 1.39. The molecule has 1 heterocycles. The summed E-state index contributed by atoms with van der Waals surface area (Å²) in [4.78, 5) is 13.3. The van der Waals surface area contributed by atoms with Crippen molar-refractivity contribution < 1.29 is 13.7 Å². The predicted octanol–water partition coefficient (Wildman–Crippen LogP) is 6.71. The van der Waals surface area contributed by atoms with Crippen molar-refractivity contribution in [3.63, 3.8) is 0 Å². The summed E-state index contributed by atoms with van der Waals surface area (Å²) in [5.41, 5.74) is 5.80. The molecule has 0 radical (unpaired) electrons. The topological polar surface area (TPSA) is 67.2 Å². The molecule has 1 aliphatic carbocycles. The molecule has 1 aliphatic rings. The summed E-state index contributed by atoms with van der Waals surface area (Å²) >= 11 is 0. The van der Waals surface area contributed by atoms with Crippen molar-refractivity contribution in [1.29, 1.82) is 0 Å². The van der Waals surface area contributed by atoms with Crippen LogP contribution in [-0.4, -0.2) is 23.1 Å². The summed E-state index contributed by atoms with van der Waals surface area (Å²) < 4.78 is 18.9. The van der Waals surface area contributed by atoms with Crippen molar-refractivity contribution in [2.75, 3.05) is 5.32 Å². The van der Waals surface area contributed by atoms with Crippen molar-refractivity contribution >= 4 is 11.7 Å². The van der Waals surface area contributed by atoms with Crippen molar-refractivity contribution in [3.8, 4) is 0 Å². The van der Waals surface area contributed by atoms with Gasteiger partial charge in [0.25, 0.3) is 0 Å². The number of nitrogens with zero attached hydrogens (tertiary/aromatic N) is 1. The number of nitrogens with one attached hydrogen (secondary N) is 2. The Morgan fingerprint density at radius 2 is 1.92 bits per heavy atom. The van der Waals surface area contributed by atoms with Gasteiger partial charge in [-0.15, -0.1) is 0 Å². The molecule has 37 heavy (non-hydrogen) atoms. The van der Waals surface area contributed by atoms with Crippen LogP contribution in [0.15, 0.2) is 53.3 Å². The van der Waals surface area contributed by atoms with Gasteiger partial charge >= 0.3 is 0 Å².